The van der Waals surface area contributed by atoms with Crippen molar-refractivity contribution in [1.29, 1.82) is 0 Å². The minimum Gasteiger partial charge on any atom is -0.449 e. The van der Waals surface area contributed by atoms with Crippen molar-refractivity contribution in [3.63, 3.8) is 0 Å². The van der Waals surface area contributed by atoms with Crippen molar-refractivity contribution >= 4 is 20.5 Å². The van der Waals surface area contributed by atoms with Gasteiger partial charge in [-0.15, -0.1) is 0 Å². The molecule has 0 unspecified atom stereocenters. The van der Waals surface area contributed by atoms with Gasteiger partial charge in [0.2, 0.25) is 0 Å². The highest BCUT2D eigenvalue weighted by Gasteiger charge is 1.88. The van der Waals surface area contributed by atoms with E-state index in [1.807, 2.05) is 13.8 Å². The highest BCUT2D eigenvalue weighted by molar-refractivity contribution is 6.27. The summed E-state index contributed by atoms with van der Waals surface area (Å²) in [6, 6.07) is 0. The van der Waals surface area contributed by atoms with Gasteiger partial charge in [0.25, 0.3) is 10.0 Å². The van der Waals surface area contributed by atoms with Crippen LogP contribution < -0.4 is 0 Å². The predicted octanol–water partition coefficient (Wildman–Crippen LogP) is -1.29. The van der Waals surface area contributed by atoms with Gasteiger partial charge in [-0.2, -0.15) is 0 Å². The minimum absolute atomic E-state index is 0.362. The Labute approximate surface area is 49.8 Å². The smallest absolute Gasteiger partial charge is 0.293 e. The van der Waals surface area contributed by atoms with Crippen LogP contribution in [0.4, 0.5) is 0 Å². The molecule has 0 aliphatic rings. The molecule has 0 heterocycles. The van der Waals surface area contributed by atoms with Crippen LogP contribution in [-0.4, -0.2) is 26.6 Å². The average Bonchev–Trinajstić information content (AvgIpc) is 1.61. The third-order valence-corrected chi connectivity index (χ3v) is 2.26. The topological polar surface area (TPSA) is 18.5 Å². The van der Waals surface area contributed by atoms with Gasteiger partial charge in [0.05, 0.1) is 0 Å². The molecule has 0 fully saturated rings. The summed E-state index contributed by atoms with van der Waals surface area (Å²) in [5.41, 5.74) is 0. The molecule has 0 radical (unpaired) electrons. The van der Waals surface area contributed by atoms with E-state index in [1.165, 1.54) is 0 Å². The number of rotatable bonds is 3. The molecule has 0 aromatic heterocycles. The fourth-order valence-corrected chi connectivity index (χ4v) is 1.02. The number of hydrogen-bond donors (Lipinski definition) is 0. The molecule has 0 rings (SSSR count). The quantitative estimate of drug-likeness (QED) is 0.449. The Hall–Kier alpha value is 0.354. The minimum atomic E-state index is -0.564. The summed E-state index contributed by atoms with van der Waals surface area (Å²) in [6.07, 6.45) is 0.362. The fraction of sp³-hybridized carbons (Fsp3) is 1.00. The van der Waals surface area contributed by atoms with E-state index in [4.69, 9.17) is 8.54 Å². The monoisotopic (exact) mass is 136 g/mol. The third-order valence-electron chi connectivity index (χ3n) is 0.519. The molecule has 44 valence electrons. The second kappa shape index (κ2) is 4.51. The molecule has 0 spiro atoms. The van der Waals surface area contributed by atoms with Crippen LogP contribution in [0.1, 0.15) is 13.8 Å². The fourth-order valence-electron chi connectivity index (χ4n) is 0.204. The molecule has 0 aliphatic carbocycles. The molecular weight excluding hydrogens is 124 g/mol. The molecule has 0 N–H and O–H groups in total. The molecule has 2 nitrogen and oxygen atoms in total. The maximum Gasteiger partial charge on any atom is 0.293 e. The van der Waals surface area contributed by atoms with Crippen molar-refractivity contribution in [2.45, 2.75) is 20.0 Å². The Morgan fingerprint density at radius 2 is 2.14 bits per heavy atom. The molecule has 0 aromatic rings. The lowest BCUT2D eigenvalue weighted by atomic mass is 10.5. The standard InChI is InChI=1S/C3H12O2Si2/c1-3(2)4-7-5-6/h3H,7H2,1-2,6H3. The van der Waals surface area contributed by atoms with Crippen LogP contribution >= 0.6 is 0 Å². The van der Waals surface area contributed by atoms with E-state index in [0.29, 0.717) is 6.10 Å². The third kappa shape index (κ3) is 6.35. The zero-order chi connectivity index (χ0) is 5.70. The summed E-state index contributed by atoms with van der Waals surface area (Å²) in [5.74, 6) is 0. The van der Waals surface area contributed by atoms with E-state index in [9.17, 15) is 0 Å². The first-order valence-electron chi connectivity index (χ1n) is 2.38. The van der Waals surface area contributed by atoms with E-state index in [-0.39, 0.29) is 0 Å². The van der Waals surface area contributed by atoms with Crippen LogP contribution in [0.5, 0.6) is 0 Å². The van der Waals surface area contributed by atoms with Crippen molar-refractivity contribution in [2.75, 3.05) is 0 Å². The van der Waals surface area contributed by atoms with Gasteiger partial charge in [0.15, 0.2) is 0 Å². The molecule has 0 aliphatic heterocycles. The summed E-state index contributed by atoms with van der Waals surface area (Å²) < 4.78 is 10.1. The summed E-state index contributed by atoms with van der Waals surface area (Å²) in [6.45, 7) is 4.04. The van der Waals surface area contributed by atoms with Gasteiger partial charge in [0.1, 0.15) is 10.5 Å². The Balaban J connectivity index is 2.68. The van der Waals surface area contributed by atoms with Crippen LogP contribution in [0.25, 0.3) is 0 Å². The predicted molar refractivity (Wildman–Crippen MR) is 35.8 cm³/mol. The lowest BCUT2D eigenvalue weighted by Gasteiger charge is -2.03. The molecule has 0 aromatic carbocycles. The van der Waals surface area contributed by atoms with Crippen molar-refractivity contribution in [2.24, 2.45) is 0 Å². The highest BCUT2D eigenvalue weighted by Crippen LogP contribution is 1.82. The molecule has 7 heavy (non-hydrogen) atoms. The van der Waals surface area contributed by atoms with Crippen LogP contribution in [0.15, 0.2) is 0 Å². The normalized spacial score (nSPS) is 12.4. The maximum atomic E-state index is 5.14. The van der Waals surface area contributed by atoms with Gasteiger partial charge in [0, 0.05) is 6.10 Å². The average molecular weight is 136 g/mol. The summed E-state index contributed by atoms with van der Waals surface area (Å²) in [4.78, 5) is 0. The molecule has 0 amide bonds. The van der Waals surface area contributed by atoms with E-state index in [1.54, 1.807) is 0 Å². The highest BCUT2D eigenvalue weighted by atomic mass is 28.3. The largest absolute Gasteiger partial charge is 0.449 e. The molecule has 0 saturated heterocycles. The van der Waals surface area contributed by atoms with Gasteiger partial charge in [-0.25, -0.2) is 0 Å². The second-order valence-electron chi connectivity index (χ2n) is 1.62. The van der Waals surface area contributed by atoms with E-state index < -0.39 is 10.0 Å². The zero-order valence-corrected chi connectivity index (χ0v) is 8.52. The second-order valence-corrected chi connectivity index (χ2v) is 4.50. The first kappa shape index (κ1) is 7.35. The molecule has 4 heteroatoms. The maximum absolute atomic E-state index is 5.14. The first-order chi connectivity index (χ1) is 3.27. The van der Waals surface area contributed by atoms with Crippen LogP contribution in [0.3, 0.4) is 0 Å². The van der Waals surface area contributed by atoms with Crippen LogP contribution in [0, 0.1) is 0 Å². The lowest BCUT2D eigenvalue weighted by molar-refractivity contribution is 0.226. The van der Waals surface area contributed by atoms with Gasteiger partial charge >= 0.3 is 0 Å². The zero-order valence-electron chi connectivity index (χ0n) is 5.10. The van der Waals surface area contributed by atoms with Gasteiger partial charge in [-0.1, -0.05) is 0 Å². The Morgan fingerprint density at radius 1 is 1.57 bits per heavy atom. The van der Waals surface area contributed by atoms with Gasteiger partial charge in [-0.3, -0.25) is 0 Å². The Bertz CT molecular complexity index is 39.9. The SMILES string of the molecule is CC(C)O[SiH2]O[SiH3]. The summed E-state index contributed by atoms with van der Waals surface area (Å²) >= 11 is 0. The van der Waals surface area contributed by atoms with Crippen molar-refractivity contribution < 1.29 is 8.54 Å². The molecule has 0 bridgehead atoms. The summed E-state index contributed by atoms with van der Waals surface area (Å²) in [7, 11) is 0.267. The van der Waals surface area contributed by atoms with Gasteiger partial charge in [-0.05, 0) is 13.8 Å². The Kier molecular flexibility index (Phi) is 4.74. The van der Waals surface area contributed by atoms with Crippen LogP contribution in [-0.2, 0) is 8.54 Å². The van der Waals surface area contributed by atoms with E-state index in [2.05, 4.69) is 0 Å². The first-order valence-corrected chi connectivity index (χ1v) is 4.35. The van der Waals surface area contributed by atoms with Crippen LogP contribution in [0.2, 0.25) is 0 Å². The molecular formula is C3H12O2Si2. The van der Waals surface area contributed by atoms with Gasteiger partial charge < -0.3 is 8.54 Å². The van der Waals surface area contributed by atoms with Crippen molar-refractivity contribution in [3.05, 3.63) is 0 Å². The van der Waals surface area contributed by atoms with E-state index in [0.717, 1.165) is 10.5 Å². The number of hydrogen-bond acceptors (Lipinski definition) is 2. The van der Waals surface area contributed by atoms with Crippen molar-refractivity contribution in [1.82, 2.24) is 0 Å². The Morgan fingerprint density at radius 3 is 2.29 bits per heavy atom. The summed E-state index contributed by atoms with van der Waals surface area (Å²) in [5, 5.41) is 0. The van der Waals surface area contributed by atoms with E-state index >= 15 is 0 Å². The van der Waals surface area contributed by atoms with Crippen molar-refractivity contribution in [3.8, 4) is 0 Å². The molecule has 0 saturated carbocycles. The molecule has 0 atom stereocenters. The lowest BCUT2D eigenvalue weighted by Crippen LogP contribution is -2.08.